The fraction of sp³-hybridized carbons (Fsp3) is 0.776. The van der Waals surface area contributed by atoms with Crippen LogP contribution in [-0.2, 0) is 14.3 Å². The Labute approximate surface area is 410 Å². The smallest absolute Gasteiger partial charge is 0.220 e. The molecule has 67 heavy (non-hydrogen) atoms. The molecule has 0 bridgehead atoms. The number of nitrogens with one attached hydrogen (secondary N) is 1. The molecule has 7 unspecified atom stereocenters. The lowest BCUT2D eigenvalue weighted by Crippen LogP contribution is -2.60. The molecule has 1 amide bonds. The zero-order valence-corrected chi connectivity index (χ0v) is 42.9. The Morgan fingerprint density at radius 3 is 1.42 bits per heavy atom. The van der Waals surface area contributed by atoms with Crippen LogP contribution in [0.25, 0.3) is 0 Å². The van der Waals surface area contributed by atoms with Crippen LogP contribution in [0.15, 0.2) is 72.9 Å². The molecule has 9 nitrogen and oxygen atoms in total. The van der Waals surface area contributed by atoms with Crippen molar-refractivity contribution in [3.05, 3.63) is 72.9 Å². The van der Waals surface area contributed by atoms with Crippen LogP contribution in [0.5, 0.6) is 0 Å². The highest BCUT2D eigenvalue weighted by atomic mass is 16.7. The molecule has 1 saturated heterocycles. The molecule has 1 fully saturated rings. The van der Waals surface area contributed by atoms with Gasteiger partial charge in [0.25, 0.3) is 0 Å². The summed E-state index contributed by atoms with van der Waals surface area (Å²) in [6, 6.07) is -0.819. The predicted octanol–water partition coefficient (Wildman–Crippen LogP) is 13.3. The van der Waals surface area contributed by atoms with E-state index in [9.17, 15) is 30.3 Å². The number of amides is 1. The summed E-state index contributed by atoms with van der Waals surface area (Å²) >= 11 is 0. The molecule has 0 saturated carbocycles. The fourth-order valence-corrected chi connectivity index (χ4v) is 8.41. The Hall–Kier alpha value is -2.37. The zero-order valence-electron chi connectivity index (χ0n) is 42.9. The molecular weight excluding hydrogens is 839 g/mol. The molecule has 388 valence electrons. The van der Waals surface area contributed by atoms with Crippen LogP contribution in [0.3, 0.4) is 0 Å². The summed E-state index contributed by atoms with van der Waals surface area (Å²) in [5.41, 5.74) is 0. The first-order chi connectivity index (χ1) is 32.8. The van der Waals surface area contributed by atoms with E-state index < -0.39 is 49.5 Å². The molecule has 0 aromatic heterocycles. The summed E-state index contributed by atoms with van der Waals surface area (Å²) in [5.74, 6) is -0.190. The van der Waals surface area contributed by atoms with Crippen LogP contribution in [0.4, 0.5) is 0 Å². The van der Waals surface area contributed by atoms with E-state index in [4.69, 9.17) is 9.47 Å². The third kappa shape index (κ3) is 37.2. The SMILES string of the molecule is CC/C=C\C/C=C\C/C=C\C/C=C\CCCCCCCCCCCCCCCCCCCCCCCCCCC(=O)NC(COC1OC(CO)C(O)C(O)C1O)C(O)/C=C/CC/C=C/CCC. The van der Waals surface area contributed by atoms with Crippen molar-refractivity contribution in [2.24, 2.45) is 0 Å². The number of aliphatic hydroxyl groups excluding tert-OH is 5. The molecule has 6 N–H and O–H groups in total. The standard InChI is InChI=1S/C58H103NO8/c1-3-5-7-9-11-12-13-14-15-16-17-18-19-20-21-22-23-24-25-26-27-28-29-30-31-32-33-34-35-36-37-38-39-40-42-44-46-48-54(62)59-51(52(61)47-45-43-41-10-8-6-4-2)50-66-58-57(65)56(64)55(63)53(49-60)67-58/h5,7-8,10-12,14-15,17-18,45,47,51-53,55-58,60-61,63-65H,3-4,6,9,13,16,19-44,46,48-50H2,1-2H3,(H,59,62)/b7-5-,10-8+,12-11-,15-14-,18-17-,47-45+. The second-order valence-corrected chi connectivity index (χ2v) is 19.0. The Morgan fingerprint density at radius 1 is 0.522 bits per heavy atom. The van der Waals surface area contributed by atoms with Gasteiger partial charge in [0.15, 0.2) is 6.29 Å². The number of hydrogen-bond acceptors (Lipinski definition) is 8. The van der Waals surface area contributed by atoms with E-state index in [-0.39, 0.29) is 12.5 Å². The number of rotatable bonds is 46. The van der Waals surface area contributed by atoms with Crippen LogP contribution in [0.1, 0.15) is 232 Å². The lowest BCUT2D eigenvalue weighted by Gasteiger charge is -2.40. The molecule has 0 spiro atoms. The largest absolute Gasteiger partial charge is 0.394 e. The third-order valence-electron chi connectivity index (χ3n) is 12.7. The lowest BCUT2D eigenvalue weighted by atomic mass is 9.99. The maximum absolute atomic E-state index is 12.9. The quantitative estimate of drug-likeness (QED) is 0.0261. The fourth-order valence-electron chi connectivity index (χ4n) is 8.41. The van der Waals surface area contributed by atoms with Gasteiger partial charge in [-0.25, -0.2) is 0 Å². The third-order valence-corrected chi connectivity index (χ3v) is 12.7. The summed E-state index contributed by atoms with van der Waals surface area (Å²) in [6.07, 6.45) is 58.9. The van der Waals surface area contributed by atoms with Crippen molar-refractivity contribution in [2.45, 2.75) is 275 Å². The van der Waals surface area contributed by atoms with E-state index in [0.717, 1.165) is 70.6 Å². The topological polar surface area (TPSA) is 149 Å². The van der Waals surface area contributed by atoms with Gasteiger partial charge in [0.05, 0.1) is 25.4 Å². The van der Waals surface area contributed by atoms with Crippen molar-refractivity contribution in [1.82, 2.24) is 5.32 Å². The van der Waals surface area contributed by atoms with Crippen LogP contribution < -0.4 is 5.32 Å². The molecule has 0 aromatic carbocycles. The van der Waals surface area contributed by atoms with E-state index in [1.807, 2.05) is 6.08 Å². The number of aliphatic hydroxyl groups is 5. The molecular formula is C58H103NO8. The second-order valence-electron chi connectivity index (χ2n) is 19.0. The summed E-state index contributed by atoms with van der Waals surface area (Å²) in [7, 11) is 0. The van der Waals surface area contributed by atoms with Gasteiger partial charge in [-0.05, 0) is 64.2 Å². The highest BCUT2D eigenvalue weighted by molar-refractivity contribution is 5.76. The van der Waals surface area contributed by atoms with E-state index in [1.165, 1.54) is 141 Å². The van der Waals surface area contributed by atoms with Gasteiger partial charge < -0.3 is 40.3 Å². The number of unbranched alkanes of at least 4 members (excludes halogenated alkanes) is 26. The van der Waals surface area contributed by atoms with Crippen LogP contribution >= 0.6 is 0 Å². The minimum absolute atomic E-state index is 0.190. The maximum atomic E-state index is 12.9. The molecule has 9 heteroatoms. The monoisotopic (exact) mass is 942 g/mol. The summed E-state index contributed by atoms with van der Waals surface area (Å²) < 4.78 is 11.2. The lowest BCUT2D eigenvalue weighted by molar-refractivity contribution is -0.302. The number of ether oxygens (including phenoxy) is 2. The van der Waals surface area contributed by atoms with E-state index in [2.05, 4.69) is 79.9 Å². The highest BCUT2D eigenvalue weighted by Gasteiger charge is 2.44. The molecule has 1 heterocycles. The van der Waals surface area contributed by atoms with Gasteiger partial charge in [-0.1, -0.05) is 234 Å². The van der Waals surface area contributed by atoms with Gasteiger partial charge in [0.2, 0.25) is 5.91 Å². The molecule has 7 atom stereocenters. The van der Waals surface area contributed by atoms with Crippen molar-refractivity contribution < 1.29 is 39.8 Å². The van der Waals surface area contributed by atoms with Crippen molar-refractivity contribution in [2.75, 3.05) is 13.2 Å². The molecule has 0 aliphatic carbocycles. The van der Waals surface area contributed by atoms with Crippen molar-refractivity contribution in [3.63, 3.8) is 0 Å². The number of hydrogen-bond donors (Lipinski definition) is 6. The van der Waals surface area contributed by atoms with Gasteiger partial charge in [-0.2, -0.15) is 0 Å². The molecule has 1 rings (SSSR count). The van der Waals surface area contributed by atoms with Gasteiger partial charge in [-0.15, -0.1) is 0 Å². The minimum Gasteiger partial charge on any atom is -0.394 e. The van der Waals surface area contributed by atoms with Crippen LogP contribution in [-0.4, -0.2) is 87.5 Å². The molecule has 1 aliphatic heterocycles. The van der Waals surface area contributed by atoms with Gasteiger partial charge in [0, 0.05) is 6.42 Å². The molecule has 0 aromatic rings. The second kappa shape index (κ2) is 47.3. The van der Waals surface area contributed by atoms with Gasteiger partial charge in [-0.3, -0.25) is 4.79 Å². The Balaban J connectivity index is 2.00. The summed E-state index contributed by atoms with van der Waals surface area (Å²) in [5, 5.41) is 54.0. The normalized spacial score (nSPS) is 20.3. The number of carbonyl (C=O) groups excluding carboxylic acids is 1. The summed E-state index contributed by atoms with van der Waals surface area (Å²) in [6.45, 7) is 3.53. The first kappa shape index (κ1) is 62.6. The summed E-state index contributed by atoms with van der Waals surface area (Å²) in [4.78, 5) is 12.9. The van der Waals surface area contributed by atoms with E-state index in [0.29, 0.717) is 6.42 Å². The van der Waals surface area contributed by atoms with Crippen LogP contribution in [0, 0.1) is 0 Å². The van der Waals surface area contributed by atoms with E-state index >= 15 is 0 Å². The number of allylic oxidation sites excluding steroid dienone is 11. The van der Waals surface area contributed by atoms with Crippen molar-refractivity contribution >= 4 is 5.91 Å². The molecule has 1 aliphatic rings. The predicted molar refractivity (Wildman–Crippen MR) is 281 cm³/mol. The Kier molecular flexibility index (Phi) is 44.2. The maximum Gasteiger partial charge on any atom is 0.220 e. The van der Waals surface area contributed by atoms with E-state index in [1.54, 1.807) is 6.08 Å². The average molecular weight is 942 g/mol. The molecule has 0 radical (unpaired) electrons. The zero-order chi connectivity index (χ0) is 48.7. The first-order valence-electron chi connectivity index (χ1n) is 27.7. The Bertz CT molecular complexity index is 1280. The van der Waals surface area contributed by atoms with Crippen molar-refractivity contribution in [1.29, 1.82) is 0 Å². The first-order valence-corrected chi connectivity index (χ1v) is 27.7. The van der Waals surface area contributed by atoms with Crippen LogP contribution in [0.2, 0.25) is 0 Å². The van der Waals surface area contributed by atoms with Gasteiger partial charge >= 0.3 is 0 Å². The van der Waals surface area contributed by atoms with Crippen molar-refractivity contribution in [3.8, 4) is 0 Å². The number of carbonyl (C=O) groups is 1. The highest BCUT2D eigenvalue weighted by Crippen LogP contribution is 2.23. The minimum atomic E-state index is -1.57. The Morgan fingerprint density at radius 2 is 0.940 bits per heavy atom. The average Bonchev–Trinajstić information content (AvgIpc) is 3.33. The van der Waals surface area contributed by atoms with Gasteiger partial charge in [0.1, 0.15) is 24.4 Å².